The minimum atomic E-state index is 0.538. The van der Waals surface area contributed by atoms with Gasteiger partial charge in [0.05, 0.1) is 51.9 Å². The van der Waals surface area contributed by atoms with Crippen molar-refractivity contribution in [2.45, 2.75) is 0 Å². The molecule has 5 nitrogen and oxygen atoms in total. The van der Waals surface area contributed by atoms with Crippen molar-refractivity contribution in [3.8, 4) is 45.8 Å². The molecule has 0 saturated carbocycles. The number of hydrogen-bond acceptors (Lipinski definition) is 2. The molecule has 0 amide bonds. The lowest BCUT2D eigenvalue weighted by Gasteiger charge is -2.19. The molecule has 230 valence electrons. The fraction of sp³-hybridized carbons (Fsp3) is 0. The Hall–Kier alpha value is -7.39. The van der Waals surface area contributed by atoms with Gasteiger partial charge in [-0.1, -0.05) is 91.0 Å². The molecule has 0 fully saturated rings. The van der Waals surface area contributed by atoms with E-state index in [1.54, 1.807) is 0 Å². The highest BCUT2D eigenvalue weighted by atomic mass is 15.0. The number of hydrogen-bond donors (Lipinski definition) is 0. The first kappa shape index (κ1) is 28.8. The van der Waals surface area contributed by atoms with Crippen LogP contribution in [0.1, 0.15) is 11.1 Å². The van der Waals surface area contributed by atoms with Crippen LogP contribution in [0.4, 0.5) is 5.69 Å². The number of fused-ring (bicyclic) bond motifs is 6. The van der Waals surface area contributed by atoms with Gasteiger partial charge in [-0.3, -0.25) is 0 Å². The molecule has 0 aliphatic carbocycles. The van der Waals surface area contributed by atoms with E-state index in [0.29, 0.717) is 16.8 Å². The van der Waals surface area contributed by atoms with Crippen LogP contribution in [-0.2, 0) is 0 Å². The van der Waals surface area contributed by atoms with Crippen LogP contribution in [0.15, 0.2) is 152 Å². The van der Waals surface area contributed by atoms with E-state index in [1.165, 1.54) is 0 Å². The number of benzene rings is 7. The second kappa shape index (κ2) is 11.4. The molecule has 9 rings (SSSR count). The van der Waals surface area contributed by atoms with Crippen LogP contribution < -0.4 is 0 Å². The number of nitriles is 2. The van der Waals surface area contributed by atoms with Crippen LogP contribution in [0.5, 0.6) is 0 Å². The molecule has 0 saturated heterocycles. The van der Waals surface area contributed by atoms with Gasteiger partial charge in [0, 0.05) is 44.0 Å². The summed E-state index contributed by atoms with van der Waals surface area (Å²) in [6, 6.07) is 55.5. The highest BCUT2D eigenvalue weighted by Gasteiger charge is 2.21. The van der Waals surface area contributed by atoms with Crippen LogP contribution in [0.2, 0.25) is 0 Å². The first-order chi connectivity index (χ1) is 24.7. The third-order valence-corrected chi connectivity index (χ3v) is 9.60. The average molecular weight is 636 g/mol. The molecular weight excluding hydrogens is 611 g/mol. The number of para-hydroxylation sites is 3. The van der Waals surface area contributed by atoms with Crippen molar-refractivity contribution in [1.29, 1.82) is 10.5 Å². The monoisotopic (exact) mass is 635 g/mol. The van der Waals surface area contributed by atoms with Crippen LogP contribution in [0.3, 0.4) is 0 Å². The Kier molecular flexibility index (Phi) is 6.56. The van der Waals surface area contributed by atoms with Gasteiger partial charge in [-0.05, 0) is 71.8 Å². The second-order valence-electron chi connectivity index (χ2n) is 12.3. The fourth-order valence-electron chi connectivity index (χ4n) is 7.49. The average Bonchev–Trinajstić information content (AvgIpc) is 3.70. The Labute approximate surface area is 288 Å². The zero-order chi connectivity index (χ0) is 33.8. The minimum Gasteiger partial charge on any atom is -0.310 e. The Balaban J connectivity index is 1.31. The number of rotatable bonds is 4. The van der Waals surface area contributed by atoms with Gasteiger partial charge in [-0.2, -0.15) is 10.5 Å². The summed E-state index contributed by atoms with van der Waals surface area (Å²) in [5.41, 5.74) is 11.2. The van der Waals surface area contributed by atoms with E-state index in [1.807, 2.05) is 78.9 Å². The maximum absolute atomic E-state index is 10.5. The van der Waals surface area contributed by atoms with Crippen LogP contribution in [0.25, 0.3) is 82.1 Å². The Bertz CT molecular complexity index is 2920. The van der Waals surface area contributed by atoms with Crippen molar-refractivity contribution < 1.29 is 0 Å². The van der Waals surface area contributed by atoms with E-state index in [2.05, 4.69) is 98.9 Å². The molecule has 9 aromatic rings. The Morgan fingerprint density at radius 3 is 1.82 bits per heavy atom. The quantitative estimate of drug-likeness (QED) is 0.181. The lowest BCUT2D eigenvalue weighted by atomic mass is 9.89. The van der Waals surface area contributed by atoms with Crippen LogP contribution in [-0.4, -0.2) is 9.13 Å². The molecule has 0 bridgehead atoms. The van der Waals surface area contributed by atoms with Crippen molar-refractivity contribution in [2.24, 2.45) is 0 Å². The maximum Gasteiger partial charge on any atom is 0.189 e. The molecule has 0 aliphatic rings. The predicted octanol–water partition coefficient (Wildman–Crippen LogP) is 11.5. The summed E-state index contributed by atoms with van der Waals surface area (Å²) < 4.78 is 4.46. The van der Waals surface area contributed by atoms with Crippen molar-refractivity contribution in [2.75, 3.05) is 0 Å². The van der Waals surface area contributed by atoms with Crippen molar-refractivity contribution >= 4 is 49.3 Å². The van der Waals surface area contributed by atoms with Gasteiger partial charge in [0.1, 0.15) is 0 Å². The lowest BCUT2D eigenvalue weighted by Crippen LogP contribution is -2.00. The van der Waals surface area contributed by atoms with E-state index < -0.39 is 0 Å². The van der Waals surface area contributed by atoms with Gasteiger partial charge in [-0.25, -0.2) is 4.85 Å². The molecule has 0 spiro atoms. The molecule has 2 aromatic heterocycles. The minimum absolute atomic E-state index is 0.538. The van der Waals surface area contributed by atoms with Crippen molar-refractivity contribution in [3.05, 3.63) is 174 Å². The van der Waals surface area contributed by atoms with Crippen LogP contribution in [0, 0.1) is 29.2 Å². The largest absolute Gasteiger partial charge is 0.310 e. The summed E-state index contributed by atoms with van der Waals surface area (Å²) in [5.74, 6) is 0. The molecule has 0 unspecified atom stereocenters. The topological polar surface area (TPSA) is 61.8 Å². The highest BCUT2D eigenvalue weighted by Crippen LogP contribution is 2.43. The molecule has 7 aromatic carbocycles. The SMILES string of the molecule is [C-]#[N+]c1ccc(-c2cccc(C#N)c2-c2cccc(-n3c4ccccc4c4cc(C#N)ccc43)c2)c(-n2c3ccccc3c3ccccc32)c1. The predicted molar refractivity (Wildman–Crippen MR) is 202 cm³/mol. The molecule has 5 heteroatoms. The third-order valence-electron chi connectivity index (χ3n) is 9.60. The Morgan fingerprint density at radius 1 is 0.500 bits per heavy atom. The molecule has 2 heterocycles. The van der Waals surface area contributed by atoms with E-state index in [4.69, 9.17) is 6.57 Å². The summed E-state index contributed by atoms with van der Waals surface area (Å²) in [7, 11) is 0. The zero-order valence-corrected chi connectivity index (χ0v) is 26.7. The number of nitrogens with zero attached hydrogens (tertiary/aromatic N) is 5. The molecular formula is C45H25N5. The zero-order valence-electron chi connectivity index (χ0n) is 26.7. The molecule has 0 atom stereocenters. The Morgan fingerprint density at radius 2 is 1.14 bits per heavy atom. The summed E-state index contributed by atoms with van der Waals surface area (Å²) >= 11 is 0. The maximum atomic E-state index is 10.5. The second-order valence-corrected chi connectivity index (χ2v) is 12.3. The normalized spacial score (nSPS) is 11.1. The standard InChI is InChI=1S/C45H25N5/c1-48-32-21-22-37(44(26-32)50-41-18-6-2-13-34(41)35-14-3-7-19-42(35)50)38-16-9-11-31(28-47)45(38)30-10-8-12-33(25-30)49-40-17-5-4-15-36(40)39-24-29(27-46)20-23-43(39)49/h2-26H. The van der Waals surface area contributed by atoms with Gasteiger partial charge in [0.2, 0.25) is 0 Å². The van der Waals surface area contributed by atoms with Crippen LogP contribution >= 0.6 is 0 Å². The van der Waals surface area contributed by atoms with Crippen molar-refractivity contribution in [3.63, 3.8) is 0 Å². The lowest BCUT2D eigenvalue weighted by molar-refractivity contribution is 1.18. The van der Waals surface area contributed by atoms with Gasteiger partial charge >= 0.3 is 0 Å². The molecule has 50 heavy (non-hydrogen) atoms. The third kappa shape index (κ3) is 4.31. The van der Waals surface area contributed by atoms with E-state index in [0.717, 1.165) is 77.2 Å². The molecule has 0 aliphatic heterocycles. The highest BCUT2D eigenvalue weighted by molar-refractivity contribution is 6.11. The van der Waals surface area contributed by atoms with Gasteiger partial charge < -0.3 is 9.13 Å². The first-order valence-corrected chi connectivity index (χ1v) is 16.3. The summed E-state index contributed by atoms with van der Waals surface area (Å²) in [6.07, 6.45) is 0. The van der Waals surface area contributed by atoms with E-state index in [-0.39, 0.29) is 0 Å². The number of aromatic nitrogens is 2. The van der Waals surface area contributed by atoms with Gasteiger partial charge in [0.25, 0.3) is 0 Å². The summed E-state index contributed by atoms with van der Waals surface area (Å²) in [4.78, 5) is 3.81. The summed E-state index contributed by atoms with van der Waals surface area (Å²) in [5, 5.41) is 24.5. The van der Waals surface area contributed by atoms with Gasteiger partial charge in [-0.15, -0.1) is 0 Å². The van der Waals surface area contributed by atoms with E-state index in [9.17, 15) is 10.5 Å². The van der Waals surface area contributed by atoms with Gasteiger partial charge in [0.15, 0.2) is 5.69 Å². The fourth-order valence-corrected chi connectivity index (χ4v) is 7.49. The molecule has 0 radical (unpaired) electrons. The van der Waals surface area contributed by atoms with Crippen molar-refractivity contribution in [1.82, 2.24) is 9.13 Å². The summed E-state index contributed by atoms with van der Waals surface area (Å²) in [6.45, 7) is 7.89. The van der Waals surface area contributed by atoms with E-state index >= 15 is 0 Å². The molecule has 0 N–H and O–H groups in total. The first-order valence-electron chi connectivity index (χ1n) is 16.3. The smallest absolute Gasteiger partial charge is 0.189 e.